The average Bonchev–Trinajstić information content (AvgIpc) is 2.66. The molecule has 0 atom stereocenters. The summed E-state index contributed by atoms with van der Waals surface area (Å²) in [5.41, 5.74) is 1.06. The molecule has 0 aromatic heterocycles. The molecule has 0 spiro atoms. The Morgan fingerprint density at radius 1 is 0.920 bits per heavy atom. The number of hydrogen-bond acceptors (Lipinski definition) is 3. The van der Waals surface area contributed by atoms with Crippen LogP contribution < -0.4 is 14.8 Å². The van der Waals surface area contributed by atoms with Gasteiger partial charge in [0.1, 0.15) is 11.5 Å². The molecule has 0 aliphatic heterocycles. The van der Waals surface area contributed by atoms with Gasteiger partial charge in [0.25, 0.3) is 5.91 Å². The van der Waals surface area contributed by atoms with Crippen LogP contribution in [0.4, 0.5) is 0 Å². The van der Waals surface area contributed by atoms with E-state index in [0.29, 0.717) is 18.9 Å². The molecular formula is C21H27NO3. The smallest absolute Gasteiger partial charge is 0.258 e. The number of benzene rings is 2. The van der Waals surface area contributed by atoms with Crippen LogP contribution in [0.15, 0.2) is 54.6 Å². The van der Waals surface area contributed by atoms with Crippen molar-refractivity contribution >= 4 is 5.91 Å². The average molecular weight is 341 g/mol. The van der Waals surface area contributed by atoms with Crippen LogP contribution in [-0.2, 0) is 11.3 Å². The fourth-order valence-corrected chi connectivity index (χ4v) is 2.37. The summed E-state index contributed by atoms with van der Waals surface area (Å²) in [6.07, 6.45) is 4.70. The topological polar surface area (TPSA) is 47.6 Å². The Bertz CT molecular complexity index is 628. The summed E-state index contributed by atoms with van der Waals surface area (Å²) < 4.78 is 11.3. The minimum atomic E-state index is -0.144. The van der Waals surface area contributed by atoms with Crippen LogP contribution in [0, 0.1) is 0 Å². The maximum atomic E-state index is 11.9. The zero-order valence-corrected chi connectivity index (χ0v) is 14.9. The van der Waals surface area contributed by atoms with Crippen molar-refractivity contribution < 1.29 is 14.3 Å². The first-order valence-electron chi connectivity index (χ1n) is 8.94. The van der Waals surface area contributed by atoms with E-state index in [1.807, 2.05) is 54.6 Å². The van der Waals surface area contributed by atoms with Gasteiger partial charge in [0.05, 0.1) is 6.61 Å². The summed E-state index contributed by atoms with van der Waals surface area (Å²) in [4.78, 5) is 11.9. The molecule has 2 rings (SSSR count). The minimum Gasteiger partial charge on any atom is -0.493 e. The van der Waals surface area contributed by atoms with Crippen molar-refractivity contribution in [2.45, 2.75) is 39.2 Å². The van der Waals surface area contributed by atoms with E-state index in [4.69, 9.17) is 9.47 Å². The minimum absolute atomic E-state index is 0.00716. The number of rotatable bonds is 11. The van der Waals surface area contributed by atoms with Crippen LogP contribution in [0.25, 0.3) is 0 Å². The van der Waals surface area contributed by atoms with Crippen LogP contribution >= 0.6 is 0 Å². The largest absolute Gasteiger partial charge is 0.493 e. The Morgan fingerprint density at radius 3 is 2.44 bits per heavy atom. The van der Waals surface area contributed by atoms with Crippen molar-refractivity contribution in [1.29, 1.82) is 0 Å². The molecule has 25 heavy (non-hydrogen) atoms. The second-order valence-corrected chi connectivity index (χ2v) is 5.93. The number of amides is 1. The third kappa shape index (κ3) is 7.75. The quantitative estimate of drug-likeness (QED) is 0.619. The fraction of sp³-hybridized carbons (Fsp3) is 0.381. The Hall–Kier alpha value is -2.49. The van der Waals surface area contributed by atoms with Gasteiger partial charge < -0.3 is 14.8 Å². The molecule has 4 heteroatoms. The van der Waals surface area contributed by atoms with Gasteiger partial charge >= 0.3 is 0 Å². The van der Waals surface area contributed by atoms with Crippen molar-refractivity contribution in [1.82, 2.24) is 5.32 Å². The standard InChI is InChI=1S/C21H27NO3/c1-2-3-4-8-14-24-19-12-9-13-20(15-19)25-17-21(23)22-16-18-10-6-5-7-11-18/h5-7,9-13,15H,2-4,8,14,16-17H2,1H3,(H,22,23). The number of unbranched alkanes of at least 4 members (excludes halogenated alkanes) is 3. The maximum Gasteiger partial charge on any atom is 0.258 e. The number of carbonyl (C=O) groups is 1. The molecule has 4 nitrogen and oxygen atoms in total. The van der Waals surface area contributed by atoms with Gasteiger partial charge in [0.15, 0.2) is 6.61 Å². The highest BCUT2D eigenvalue weighted by molar-refractivity contribution is 5.77. The molecule has 134 valence electrons. The van der Waals surface area contributed by atoms with Gasteiger partial charge in [-0.3, -0.25) is 4.79 Å². The second-order valence-electron chi connectivity index (χ2n) is 5.93. The summed E-state index contributed by atoms with van der Waals surface area (Å²) in [6, 6.07) is 17.2. The summed E-state index contributed by atoms with van der Waals surface area (Å²) in [7, 11) is 0. The third-order valence-corrected chi connectivity index (χ3v) is 3.77. The molecule has 0 unspecified atom stereocenters. The third-order valence-electron chi connectivity index (χ3n) is 3.77. The van der Waals surface area contributed by atoms with Gasteiger partial charge in [-0.25, -0.2) is 0 Å². The SMILES string of the molecule is CCCCCCOc1cccc(OCC(=O)NCc2ccccc2)c1. The highest BCUT2D eigenvalue weighted by atomic mass is 16.5. The van der Waals surface area contributed by atoms with E-state index >= 15 is 0 Å². The van der Waals surface area contributed by atoms with E-state index in [0.717, 1.165) is 17.7 Å². The molecule has 1 amide bonds. The van der Waals surface area contributed by atoms with Crippen molar-refractivity contribution in [2.75, 3.05) is 13.2 Å². The first kappa shape index (κ1) is 18.8. The van der Waals surface area contributed by atoms with Gasteiger partial charge in [0, 0.05) is 12.6 Å². The van der Waals surface area contributed by atoms with Crippen LogP contribution in [0.1, 0.15) is 38.2 Å². The molecule has 0 saturated carbocycles. The van der Waals surface area contributed by atoms with Crippen LogP contribution in [0.3, 0.4) is 0 Å². The maximum absolute atomic E-state index is 11.9. The van der Waals surface area contributed by atoms with Crippen molar-refractivity contribution in [3.63, 3.8) is 0 Å². The summed E-state index contributed by atoms with van der Waals surface area (Å²) in [6.45, 7) is 3.40. The first-order chi connectivity index (χ1) is 12.3. The lowest BCUT2D eigenvalue weighted by atomic mass is 10.2. The first-order valence-corrected chi connectivity index (χ1v) is 8.94. The van der Waals surface area contributed by atoms with Gasteiger partial charge in [0.2, 0.25) is 0 Å². The molecule has 0 aliphatic rings. The van der Waals surface area contributed by atoms with Crippen molar-refractivity contribution in [3.05, 3.63) is 60.2 Å². The zero-order chi connectivity index (χ0) is 17.7. The lowest BCUT2D eigenvalue weighted by Crippen LogP contribution is -2.28. The zero-order valence-electron chi connectivity index (χ0n) is 14.9. The number of carbonyl (C=O) groups excluding carboxylic acids is 1. The molecular weight excluding hydrogens is 314 g/mol. The van der Waals surface area contributed by atoms with Crippen LogP contribution in [-0.4, -0.2) is 19.1 Å². The van der Waals surface area contributed by atoms with E-state index < -0.39 is 0 Å². The second kappa shape index (κ2) is 11.1. The number of ether oxygens (including phenoxy) is 2. The highest BCUT2D eigenvalue weighted by Crippen LogP contribution is 2.19. The van der Waals surface area contributed by atoms with Crippen molar-refractivity contribution in [2.24, 2.45) is 0 Å². The molecule has 2 aromatic carbocycles. The number of nitrogens with one attached hydrogen (secondary N) is 1. The van der Waals surface area contributed by atoms with Gasteiger partial charge in [-0.2, -0.15) is 0 Å². The Labute approximate surface area is 150 Å². The highest BCUT2D eigenvalue weighted by Gasteiger charge is 2.04. The monoisotopic (exact) mass is 341 g/mol. The van der Waals surface area contributed by atoms with Gasteiger partial charge in [-0.15, -0.1) is 0 Å². The van der Waals surface area contributed by atoms with E-state index in [-0.39, 0.29) is 12.5 Å². The van der Waals surface area contributed by atoms with E-state index in [1.165, 1.54) is 19.3 Å². The predicted octanol–water partition coefficient (Wildman–Crippen LogP) is 4.34. The summed E-state index contributed by atoms with van der Waals surface area (Å²) in [5.74, 6) is 1.27. The number of hydrogen-bond donors (Lipinski definition) is 1. The lowest BCUT2D eigenvalue weighted by Gasteiger charge is -2.10. The molecule has 0 bridgehead atoms. The molecule has 2 aromatic rings. The fourth-order valence-electron chi connectivity index (χ4n) is 2.37. The summed E-state index contributed by atoms with van der Waals surface area (Å²) in [5, 5.41) is 2.84. The normalized spacial score (nSPS) is 10.3. The molecule has 0 heterocycles. The Kier molecular flexibility index (Phi) is 8.39. The van der Waals surface area contributed by atoms with Crippen molar-refractivity contribution in [3.8, 4) is 11.5 Å². The van der Waals surface area contributed by atoms with E-state index in [2.05, 4.69) is 12.2 Å². The van der Waals surface area contributed by atoms with Gasteiger partial charge in [-0.05, 0) is 24.1 Å². The van der Waals surface area contributed by atoms with E-state index in [1.54, 1.807) is 0 Å². The molecule has 0 fully saturated rings. The Balaban J connectivity index is 1.69. The molecule has 0 aliphatic carbocycles. The van der Waals surface area contributed by atoms with E-state index in [9.17, 15) is 4.79 Å². The van der Waals surface area contributed by atoms with Gasteiger partial charge in [-0.1, -0.05) is 62.6 Å². The summed E-state index contributed by atoms with van der Waals surface area (Å²) >= 11 is 0. The predicted molar refractivity (Wildman–Crippen MR) is 99.9 cm³/mol. The van der Waals surface area contributed by atoms with Crippen LogP contribution in [0.2, 0.25) is 0 Å². The molecule has 1 N–H and O–H groups in total. The molecule has 0 radical (unpaired) electrons. The lowest BCUT2D eigenvalue weighted by molar-refractivity contribution is -0.123. The molecule has 0 saturated heterocycles. The van der Waals surface area contributed by atoms with Crippen LogP contribution in [0.5, 0.6) is 11.5 Å². The Morgan fingerprint density at radius 2 is 1.68 bits per heavy atom.